The first-order valence-corrected chi connectivity index (χ1v) is 6.33. The summed E-state index contributed by atoms with van der Waals surface area (Å²) in [6.45, 7) is 0. The lowest BCUT2D eigenvalue weighted by atomic mass is 10.1. The van der Waals surface area contributed by atoms with Crippen LogP contribution in [-0.4, -0.2) is 11.0 Å². The summed E-state index contributed by atoms with van der Waals surface area (Å²) < 4.78 is 6.80. The summed E-state index contributed by atoms with van der Waals surface area (Å²) in [4.78, 5) is 4.54. The second-order valence-electron chi connectivity index (χ2n) is 4.43. The van der Waals surface area contributed by atoms with Crippen LogP contribution in [0, 0.1) is 0 Å². The molecule has 2 aromatic rings. The molecular weight excluding hydrogens is 268 g/mol. The third kappa shape index (κ3) is 1.76. The Morgan fingerprint density at radius 3 is 3.00 bits per heavy atom. The van der Waals surface area contributed by atoms with E-state index in [1.165, 1.54) is 0 Å². The number of oxazole rings is 1. The topological polar surface area (TPSA) is 52.0 Å². The molecule has 1 heterocycles. The van der Waals surface area contributed by atoms with Gasteiger partial charge in [0.1, 0.15) is 5.52 Å². The van der Waals surface area contributed by atoms with Crippen molar-refractivity contribution >= 4 is 27.0 Å². The minimum atomic E-state index is 0.312. The molecule has 1 aromatic heterocycles. The van der Waals surface area contributed by atoms with Gasteiger partial charge in [-0.25, -0.2) is 4.98 Å². The maximum absolute atomic E-state index is 5.90. The fraction of sp³-hybridized carbons (Fsp3) is 0.417. The fourth-order valence-corrected chi connectivity index (χ4v) is 2.68. The molecule has 3 rings (SSSR count). The van der Waals surface area contributed by atoms with E-state index in [0.29, 0.717) is 12.0 Å². The Labute approximate surface area is 102 Å². The van der Waals surface area contributed by atoms with Gasteiger partial charge < -0.3 is 10.2 Å². The molecule has 1 saturated carbocycles. The number of aromatic nitrogens is 1. The number of hydrogen-bond donors (Lipinski definition) is 1. The number of nitrogens with zero attached hydrogens (tertiary/aromatic N) is 1. The molecule has 1 aliphatic rings. The number of nitrogens with two attached hydrogens (primary N) is 1. The Kier molecular flexibility index (Phi) is 2.48. The number of halogens is 1. The van der Waals surface area contributed by atoms with E-state index >= 15 is 0 Å². The van der Waals surface area contributed by atoms with Crippen molar-refractivity contribution in [2.24, 2.45) is 5.73 Å². The van der Waals surface area contributed by atoms with Gasteiger partial charge in [-0.05, 0) is 37.5 Å². The predicted octanol–water partition coefficient (Wildman–Crippen LogP) is 3.19. The van der Waals surface area contributed by atoms with E-state index in [4.69, 9.17) is 10.2 Å². The summed E-state index contributed by atoms with van der Waals surface area (Å²) in [6.07, 6.45) is 3.16. The summed E-state index contributed by atoms with van der Waals surface area (Å²) in [5.74, 6) is 1.25. The van der Waals surface area contributed by atoms with Crippen molar-refractivity contribution in [3.05, 3.63) is 28.6 Å². The molecule has 2 atom stereocenters. The molecule has 4 heteroatoms. The highest BCUT2D eigenvalue weighted by molar-refractivity contribution is 9.10. The molecular formula is C12H13BrN2O. The molecule has 1 aromatic carbocycles. The first kappa shape index (κ1) is 10.3. The second kappa shape index (κ2) is 3.86. The van der Waals surface area contributed by atoms with Crippen LogP contribution < -0.4 is 5.73 Å². The molecule has 2 unspecified atom stereocenters. The van der Waals surface area contributed by atoms with Gasteiger partial charge in [0.15, 0.2) is 11.5 Å². The van der Waals surface area contributed by atoms with Crippen LogP contribution in [0.3, 0.4) is 0 Å². The van der Waals surface area contributed by atoms with Crippen molar-refractivity contribution in [2.45, 2.75) is 31.2 Å². The summed E-state index contributed by atoms with van der Waals surface area (Å²) >= 11 is 3.43. The summed E-state index contributed by atoms with van der Waals surface area (Å²) in [5, 5.41) is 0. The Morgan fingerprint density at radius 1 is 1.38 bits per heavy atom. The van der Waals surface area contributed by atoms with Gasteiger partial charge in [-0.15, -0.1) is 0 Å². The first-order valence-electron chi connectivity index (χ1n) is 5.54. The number of rotatable bonds is 1. The molecule has 0 bridgehead atoms. The third-order valence-corrected chi connectivity index (χ3v) is 3.68. The Bertz CT molecular complexity index is 523. The van der Waals surface area contributed by atoms with Crippen molar-refractivity contribution in [1.29, 1.82) is 0 Å². The zero-order valence-corrected chi connectivity index (χ0v) is 10.4. The van der Waals surface area contributed by atoms with Crippen LogP contribution in [0.25, 0.3) is 11.1 Å². The molecule has 0 aliphatic heterocycles. The standard InChI is InChI=1S/C12H13BrN2O/c13-8-2-4-11-10(6-8)15-12(16-11)7-1-3-9(14)5-7/h2,4,6-7,9H,1,3,5,14H2. The monoisotopic (exact) mass is 280 g/mol. The molecule has 1 fully saturated rings. The third-order valence-electron chi connectivity index (χ3n) is 3.19. The zero-order valence-electron chi connectivity index (χ0n) is 8.82. The maximum Gasteiger partial charge on any atom is 0.198 e. The molecule has 16 heavy (non-hydrogen) atoms. The van der Waals surface area contributed by atoms with E-state index < -0.39 is 0 Å². The first-order chi connectivity index (χ1) is 7.72. The summed E-state index contributed by atoms with van der Waals surface area (Å²) in [6, 6.07) is 6.21. The number of benzene rings is 1. The predicted molar refractivity (Wildman–Crippen MR) is 66.3 cm³/mol. The SMILES string of the molecule is NC1CCC(c2nc3cc(Br)ccc3o2)C1. The summed E-state index contributed by atoms with van der Waals surface area (Å²) in [5.41, 5.74) is 7.68. The van der Waals surface area contributed by atoms with E-state index in [0.717, 1.165) is 40.7 Å². The van der Waals surface area contributed by atoms with Crippen LogP contribution in [0.2, 0.25) is 0 Å². The van der Waals surface area contributed by atoms with Crippen molar-refractivity contribution in [3.8, 4) is 0 Å². The van der Waals surface area contributed by atoms with Crippen LogP contribution in [0.1, 0.15) is 31.1 Å². The van der Waals surface area contributed by atoms with Crippen molar-refractivity contribution in [1.82, 2.24) is 4.98 Å². The van der Waals surface area contributed by atoms with Gasteiger partial charge in [-0.1, -0.05) is 15.9 Å². The van der Waals surface area contributed by atoms with Gasteiger partial charge in [-0.3, -0.25) is 0 Å². The quantitative estimate of drug-likeness (QED) is 0.873. The molecule has 1 aliphatic carbocycles. The minimum absolute atomic E-state index is 0.312. The zero-order chi connectivity index (χ0) is 11.1. The molecule has 0 spiro atoms. The van der Waals surface area contributed by atoms with Crippen molar-refractivity contribution < 1.29 is 4.42 Å². The van der Waals surface area contributed by atoms with Crippen LogP contribution in [0.15, 0.2) is 27.1 Å². The average molecular weight is 281 g/mol. The van der Waals surface area contributed by atoms with Gasteiger partial charge in [0, 0.05) is 16.4 Å². The lowest BCUT2D eigenvalue weighted by Crippen LogP contribution is -2.14. The number of fused-ring (bicyclic) bond motifs is 1. The molecule has 0 saturated heterocycles. The lowest BCUT2D eigenvalue weighted by molar-refractivity contribution is 0.471. The van der Waals surface area contributed by atoms with Gasteiger partial charge in [0.25, 0.3) is 0 Å². The average Bonchev–Trinajstić information content (AvgIpc) is 2.83. The van der Waals surface area contributed by atoms with Crippen LogP contribution >= 0.6 is 15.9 Å². The van der Waals surface area contributed by atoms with Crippen molar-refractivity contribution in [3.63, 3.8) is 0 Å². The minimum Gasteiger partial charge on any atom is -0.440 e. The highest BCUT2D eigenvalue weighted by Gasteiger charge is 2.27. The lowest BCUT2D eigenvalue weighted by Gasteiger charge is -2.02. The molecule has 84 valence electrons. The van der Waals surface area contributed by atoms with E-state index in [-0.39, 0.29) is 0 Å². The van der Waals surface area contributed by atoms with E-state index in [9.17, 15) is 0 Å². The summed E-state index contributed by atoms with van der Waals surface area (Å²) in [7, 11) is 0. The molecule has 3 nitrogen and oxygen atoms in total. The van der Waals surface area contributed by atoms with Crippen LogP contribution in [-0.2, 0) is 0 Å². The molecule has 0 amide bonds. The Balaban J connectivity index is 1.99. The Hall–Kier alpha value is -0.870. The van der Waals surface area contributed by atoms with E-state index in [1.54, 1.807) is 0 Å². The Morgan fingerprint density at radius 2 is 2.25 bits per heavy atom. The highest BCUT2D eigenvalue weighted by atomic mass is 79.9. The normalized spacial score (nSPS) is 25.4. The molecule has 0 radical (unpaired) electrons. The van der Waals surface area contributed by atoms with Crippen molar-refractivity contribution in [2.75, 3.05) is 0 Å². The van der Waals surface area contributed by atoms with Gasteiger partial charge >= 0.3 is 0 Å². The van der Waals surface area contributed by atoms with Gasteiger partial charge in [0.05, 0.1) is 0 Å². The van der Waals surface area contributed by atoms with E-state index in [1.807, 2.05) is 18.2 Å². The second-order valence-corrected chi connectivity index (χ2v) is 5.35. The fourth-order valence-electron chi connectivity index (χ4n) is 2.33. The largest absolute Gasteiger partial charge is 0.440 e. The molecule has 2 N–H and O–H groups in total. The maximum atomic E-state index is 5.90. The van der Waals surface area contributed by atoms with Gasteiger partial charge in [0.2, 0.25) is 0 Å². The smallest absolute Gasteiger partial charge is 0.198 e. The van der Waals surface area contributed by atoms with Crippen LogP contribution in [0.5, 0.6) is 0 Å². The highest BCUT2D eigenvalue weighted by Crippen LogP contribution is 2.34. The van der Waals surface area contributed by atoms with Gasteiger partial charge in [-0.2, -0.15) is 0 Å². The van der Waals surface area contributed by atoms with Crippen LogP contribution in [0.4, 0.5) is 0 Å². The number of hydrogen-bond acceptors (Lipinski definition) is 3. The van der Waals surface area contributed by atoms with E-state index in [2.05, 4.69) is 20.9 Å².